The van der Waals surface area contributed by atoms with Crippen LogP contribution in [0.25, 0.3) is 0 Å². The molecule has 21 heavy (non-hydrogen) atoms. The van der Waals surface area contributed by atoms with E-state index in [1.165, 1.54) is 12.1 Å². The van der Waals surface area contributed by atoms with Crippen molar-refractivity contribution >= 4 is 17.3 Å². The van der Waals surface area contributed by atoms with Gasteiger partial charge in [0.25, 0.3) is 5.69 Å². The van der Waals surface area contributed by atoms with Gasteiger partial charge in [0, 0.05) is 29.9 Å². The molecular formula is C15H15N3O3. The lowest BCUT2D eigenvalue weighted by molar-refractivity contribution is -0.384. The first kappa shape index (κ1) is 14.5. The molecule has 0 bridgehead atoms. The summed E-state index contributed by atoms with van der Waals surface area (Å²) in [6, 6.07) is 13.4. The van der Waals surface area contributed by atoms with Gasteiger partial charge in [-0.25, -0.2) is 0 Å². The molecule has 6 heteroatoms. The molecule has 0 heterocycles. The van der Waals surface area contributed by atoms with Gasteiger partial charge in [-0.2, -0.15) is 0 Å². The number of carbonyl (C=O) groups excluding carboxylic acids is 1. The molecule has 0 aliphatic carbocycles. The number of hydrogen-bond donors (Lipinski definition) is 2. The van der Waals surface area contributed by atoms with Crippen LogP contribution >= 0.6 is 0 Å². The van der Waals surface area contributed by atoms with Gasteiger partial charge < -0.3 is 11.1 Å². The number of anilines is 1. The molecule has 0 aliphatic heterocycles. The highest BCUT2D eigenvalue weighted by molar-refractivity contribution is 5.93. The Morgan fingerprint density at radius 1 is 1.19 bits per heavy atom. The van der Waals surface area contributed by atoms with E-state index in [2.05, 4.69) is 5.32 Å². The summed E-state index contributed by atoms with van der Waals surface area (Å²) < 4.78 is 0. The summed E-state index contributed by atoms with van der Waals surface area (Å²) >= 11 is 0. The Kier molecular flexibility index (Phi) is 4.50. The fourth-order valence-electron chi connectivity index (χ4n) is 1.92. The van der Waals surface area contributed by atoms with Gasteiger partial charge in [-0.15, -0.1) is 0 Å². The van der Waals surface area contributed by atoms with Crippen molar-refractivity contribution in [2.75, 3.05) is 11.9 Å². The Morgan fingerprint density at radius 3 is 2.52 bits per heavy atom. The van der Waals surface area contributed by atoms with Gasteiger partial charge in [0.05, 0.1) is 4.92 Å². The van der Waals surface area contributed by atoms with Gasteiger partial charge in [0.1, 0.15) is 0 Å². The molecule has 2 aromatic carbocycles. The van der Waals surface area contributed by atoms with Gasteiger partial charge in [-0.1, -0.05) is 18.2 Å². The molecular weight excluding hydrogens is 270 g/mol. The largest absolute Gasteiger partial charge is 0.385 e. The van der Waals surface area contributed by atoms with E-state index in [1.807, 2.05) is 6.07 Å². The molecule has 2 aromatic rings. The maximum atomic E-state index is 11.1. The standard InChI is InChI=1S/C15H15N3O3/c16-15(19)12-2-1-3-13(10-12)17-9-8-11-4-6-14(7-5-11)18(20)21/h1-7,10,17H,8-9H2,(H2,16,19). The molecule has 0 saturated carbocycles. The number of benzene rings is 2. The van der Waals surface area contributed by atoms with Gasteiger partial charge in [0.15, 0.2) is 0 Å². The van der Waals surface area contributed by atoms with Gasteiger partial charge in [0.2, 0.25) is 5.91 Å². The number of rotatable bonds is 6. The van der Waals surface area contributed by atoms with Crippen molar-refractivity contribution in [3.8, 4) is 0 Å². The highest BCUT2D eigenvalue weighted by Gasteiger charge is 2.04. The minimum Gasteiger partial charge on any atom is -0.385 e. The lowest BCUT2D eigenvalue weighted by Crippen LogP contribution is -2.11. The Balaban J connectivity index is 1.90. The number of nitrogens with one attached hydrogen (secondary N) is 1. The highest BCUT2D eigenvalue weighted by Crippen LogP contribution is 2.13. The summed E-state index contributed by atoms with van der Waals surface area (Å²) in [6.07, 6.45) is 0.721. The molecule has 0 atom stereocenters. The number of nitro groups is 1. The number of nitrogens with two attached hydrogens (primary N) is 1. The average Bonchev–Trinajstić information content (AvgIpc) is 2.48. The Morgan fingerprint density at radius 2 is 1.90 bits per heavy atom. The van der Waals surface area contributed by atoms with Crippen molar-refractivity contribution in [2.45, 2.75) is 6.42 Å². The summed E-state index contributed by atoms with van der Waals surface area (Å²) in [5, 5.41) is 13.7. The third-order valence-corrected chi connectivity index (χ3v) is 3.04. The van der Waals surface area contributed by atoms with E-state index in [-0.39, 0.29) is 5.69 Å². The fourth-order valence-corrected chi connectivity index (χ4v) is 1.92. The SMILES string of the molecule is NC(=O)c1cccc(NCCc2ccc([N+](=O)[O-])cc2)c1. The van der Waals surface area contributed by atoms with E-state index in [4.69, 9.17) is 5.73 Å². The quantitative estimate of drug-likeness (QED) is 0.628. The summed E-state index contributed by atoms with van der Waals surface area (Å²) in [5.74, 6) is -0.464. The monoisotopic (exact) mass is 285 g/mol. The maximum absolute atomic E-state index is 11.1. The average molecular weight is 285 g/mol. The van der Waals surface area contributed by atoms with Crippen LogP contribution in [-0.4, -0.2) is 17.4 Å². The number of amides is 1. The van der Waals surface area contributed by atoms with Crippen molar-refractivity contribution < 1.29 is 9.72 Å². The molecule has 0 radical (unpaired) electrons. The first-order chi connectivity index (χ1) is 10.1. The van der Waals surface area contributed by atoms with Crippen LogP contribution in [0.1, 0.15) is 15.9 Å². The third kappa shape index (κ3) is 4.04. The molecule has 0 spiro atoms. The van der Waals surface area contributed by atoms with Crippen molar-refractivity contribution in [2.24, 2.45) is 5.73 Å². The second-order valence-electron chi connectivity index (χ2n) is 4.55. The number of primary amides is 1. The van der Waals surface area contributed by atoms with Crippen LogP contribution in [0.3, 0.4) is 0 Å². The fraction of sp³-hybridized carbons (Fsp3) is 0.133. The zero-order valence-corrected chi connectivity index (χ0v) is 11.3. The van der Waals surface area contributed by atoms with Gasteiger partial charge >= 0.3 is 0 Å². The van der Waals surface area contributed by atoms with E-state index in [0.717, 1.165) is 17.7 Å². The van der Waals surface area contributed by atoms with Crippen molar-refractivity contribution in [1.82, 2.24) is 0 Å². The molecule has 6 nitrogen and oxygen atoms in total. The topological polar surface area (TPSA) is 98.3 Å². The number of hydrogen-bond acceptors (Lipinski definition) is 4. The molecule has 1 amide bonds. The molecule has 3 N–H and O–H groups in total. The van der Waals surface area contributed by atoms with Gasteiger partial charge in [-0.3, -0.25) is 14.9 Å². The minimum atomic E-state index is -0.464. The lowest BCUT2D eigenvalue weighted by atomic mass is 10.1. The molecule has 0 aromatic heterocycles. The zero-order valence-electron chi connectivity index (χ0n) is 11.3. The number of non-ortho nitro benzene ring substituents is 1. The molecule has 108 valence electrons. The second kappa shape index (κ2) is 6.51. The molecule has 0 fully saturated rings. The van der Waals surface area contributed by atoms with Crippen molar-refractivity contribution in [3.63, 3.8) is 0 Å². The Labute approximate surface area is 121 Å². The smallest absolute Gasteiger partial charge is 0.269 e. The summed E-state index contributed by atoms with van der Waals surface area (Å²) in [4.78, 5) is 21.2. The van der Waals surface area contributed by atoms with Crippen LogP contribution in [0.2, 0.25) is 0 Å². The predicted molar refractivity (Wildman–Crippen MR) is 80.3 cm³/mol. The minimum absolute atomic E-state index is 0.0841. The Hall–Kier alpha value is -2.89. The number of carbonyl (C=O) groups is 1. The molecule has 0 unspecified atom stereocenters. The summed E-state index contributed by atoms with van der Waals surface area (Å²) in [6.45, 7) is 0.653. The van der Waals surface area contributed by atoms with Crippen LogP contribution in [-0.2, 0) is 6.42 Å². The molecule has 0 aliphatic rings. The second-order valence-corrected chi connectivity index (χ2v) is 4.55. The highest BCUT2D eigenvalue weighted by atomic mass is 16.6. The van der Waals surface area contributed by atoms with E-state index < -0.39 is 10.8 Å². The van der Waals surface area contributed by atoms with Crippen LogP contribution in [0.5, 0.6) is 0 Å². The van der Waals surface area contributed by atoms with Crippen LogP contribution in [0, 0.1) is 10.1 Å². The molecule has 2 rings (SSSR count). The van der Waals surface area contributed by atoms with Gasteiger partial charge in [-0.05, 0) is 30.2 Å². The van der Waals surface area contributed by atoms with E-state index in [9.17, 15) is 14.9 Å². The van der Waals surface area contributed by atoms with E-state index >= 15 is 0 Å². The number of nitro benzene ring substituents is 1. The lowest BCUT2D eigenvalue weighted by Gasteiger charge is -2.07. The van der Waals surface area contributed by atoms with E-state index in [1.54, 1.807) is 30.3 Å². The van der Waals surface area contributed by atoms with Crippen molar-refractivity contribution in [3.05, 3.63) is 69.8 Å². The first-order valence-corrected chi connectivity index (χ1v) is 6.43. The van der Waals surface area contributed by atoms with E-state index in [0.29, 0.717) is 12.1 Å². The normalized spacial score (nSPS) is 10.1. The summed E-state index contributed by atoms with van der Waals surface area (Å²) in [5.41, 5.74) is 7.57. The molecule has 0 saturated heterocycles. The zero-order chi connectivity index (χ0) is 15.2. The predicted octanol–water partition coefficient (Wildman–Crippen LogP) is 2.35. The maximum Gasteiger partial charge on any atom is 0.269 e. The third-order valence-electron chi connectivity index (χ3n) is 3.04. The van der Waals surface area contributed by atoms with Crippen LogP contribution in [0.15, 0.2) is 48.5 Å². The van der Waals surface area contributed by atoms with Crippen molar-refractivity contribution in [1.29, 1.82) is 0 Å². The number of nitrogens with zero attached hydrogens (tertiary/aromatic N) is 1. The van der Waals surface area contributed by atoms with Crippen LogP contribution in [0.4, 0.5) is 11.4 Å². The Bertz CT molecular complexity index is 653. The van der Waals surface area contributed by atoms with Crippen LogP contribution < -0.4 is 11.1 Å². The first-order valence-electron chi connectivity index (χ1n) is 6.43. The summed E-state index contributed by atoms with van der Waals surface area (Å²) in [7, 11) is 0.